The molecule has 0 saturated carbocycles. The van der Waals surface area contributed by atoms with E-state index in [1.165, 1.54) is 25.5 Å². The molecule has 20 heavy (non-hydrogen) atoms. The van der Waals surface area contributed by atoms with Crippen LogP contribution in [0.25, 0.3) is 5.69 Å². The summed E-state index contributed by atoms with van der Waals surface area (Å²) in [6.07, 6.45) is -1.64. The fourth-order valence-corrected chi connectivity index (χ4v) is 1.45. The van der Waals surface area contributed by atoms with Gasteiger partial charge in [-0.25, -0.2) is 4.68 Å². The van der Waals surface area contributed by atoms with Crippen molar-refractivity contribution in [3.8, 4) is 5.69 Å². The molecule has 1 aromatic heterocycles. The molecule has 0 aliphatic rings. The molecular weight excluding hydrogens is 264 g/mol. The molecule has 0 fully saturated rings. The smallest absolute Gasteiger partial charge is 0.313 e. The first-order valence-electron chi connectivity index (χ1n) is 6.28. The predicted octanol–water partition coefficient (Wildman–Crippen LogP) is 3.42. The van der Waals surface area contributed by atoms with Crippen molar-refractivity contribution in [1.82, 2.24) is 15.0 Å². The maximum Gasteiger partial charge on any atom is 0.360 e. The summed E-state index contributed by atoms with van der Waals surface area (Å²) >= 11 is 0. The molecule has 0 atom stereocenters. The minimum absolute atomic E-state index is 0.281. The van der Waals surface area contributed by atoms with Crippen LogP contribution in [-0.4, -0.2) is 21.1 Å². The van der Waals surface area contributed by atoms with Crippen LogP contribution in [0.5, 0.6) is 0 Å². The normalized spacial score (nSPS) is 12.7. The van der Waals surface area contributed by atoms with Crippen LogP contribution in [0.15, 0.2) is 36.5 Å². The zero-order valence-electron chi connectivity index (χ0n) is 11.7. The topological polar surface area (TPSA) is 39.9 Å². The van der Waals surface area contributed by atoms with Crippen LogP contribution in [0.4, 0.5) is 8.78 Å². The molecule has 1 aromatic carbocycles. The molecule has 0 aliphatic carbocycles. The Balaban J connectivity index is 2.04. The summed E-state index contributed by atoms with van der Waals surface area (Å²) in [6.45, 7) is 3.99. The van der Waals surface area contributed by atoms with Gasteiger partial charge < -0.3 is 4.74 Å². The van der Waals surface area contributed by atoms with Gasteiger partial charge >= 0.3 is 6.11 Å². The van der Waals surface area contributed by atoms with E-state index in [-0.39, 0.29) is 6.61 Å². The SMILES string of the molecule is CC(C)(C)C(F)(F)OCc1cn(-c2ccccc2)nn1. The number of hydrogen-bond donors (Lipinski definition) is 0. The van der Waals surface area contributed by atoms with Crippen LogP contribution in [-0.2, 0) is 11.3 Å². The van der Waals surface area contributed by atoms with E-state index in [4.69, 9.17) is 0 Å². The molecular formula is C14H17F2N3O. The zero-order valence-corrected chi connectivity index (χ0v) is 11.7. The van der Waals surface area contributed by atoms with Crippen molar-refractivity contribution >= 4 is 0 Å². The lowest BCUT2D eigenvalue weighted by molar-refractivity contribution is -0.301. The number of aromatic nitrogens is 3. The largest absolute Gasteiger partial charge is 0.360 e. The minimum Gasteiger partial charge on any atom is -0.313 e. The van der Waals surface area contributed by atoms with Gasteiger partial charge in [-0.15, -0.1) is 5.10 Å². The van der Waals surface area contributed by atoms with E-state index >= 15 is 0 Å². The van der Waals surface area contributed by atoms with Crippen molar-refractivity contribution in [2.75, 3.05) is 0 Å². The maximum absolute atomic E-state index is 13.7. The highest BCUT2D eigenvalue weighted by Crippen LogP contribution is 2.37. The van der Waals surface area contributed by atoms with Gasteiger partial charge in [0.15, 0.2) is 0 Å². The first kappa shape index (κ1) is 14.6. The zero-order chi connectivity index (χ0) is 14.8. The number of rotatable bonds is 4. The molecule has 0 amide bonds. The quantitative estimate of drug-likeness (QED) is 0.862. The third-order valence-corrected chi connectivity index (χ3v) is 2.84. The van der Waals surface area contributed by atoms with Crippen LogP contribution in [0.3, 0.4) is 0 Å². The average molecular weight is 281 g/mol. The maximum atomic E-state index is 13.7. The summed E-state index contributed by atoms with van der Waals surface area (Å²) in [7, 11) is 0. The van der Waals surface area contributed by atoms with E-state index < -0.39 is 11.5 Å². The lowest BCUT2D eigenvalue weighted by Crippen LogP contribution is -2.36. The Hall–Kier alpha value is -1.82. The van der Waals surface area contributed by atoms with Crippen LogP contribution in [0.1, 0.15) is 26.5 Å². The number of benzene rings is 1. The highest BCUT2D eigenvalue weighted by Gasteiger charge is 2.44. The van der Waals surface area contributed by atoms with Crippen LogP contribution in [0, 0.1) is 5.41 Å². The number of alkyl halides is 2. The molecule has 4 nitrogen and oxygen atoms in total. The van der Waals surface area contributed by atoms with Gasteiger partial charge in [-0.3, -0.25) is 0 Å². The van der Waals surface area contributed by atoms with E-state index in [1.54, 1.807) is 6.20 Å². The summed E-state index contributed by atoms with van der Waals surface area (Å²) < 4.78 is 33.5. The van der Waals surface area contributed by atoms with E-state index in [2.05, 4.69) is 15.0 Å². The van der Waals surface area contributed by atoms with Crippen molar-refractivity contribution in [3.63, 3.8) is 0 Å². The fourth-order valence-electron chi connectivity index (χ4n) is 1.45. The van der Waals surface area contributed by atoms with E-state index in [0.29, 0.717) is 5.69 Å². The van der Waals surface area contributed by atoms with Gasteiger partial charge in [-0.2, -0.15) is 8.78 Å². The molecule has 0 saturated heterocycles. The van der Waals surface area contributed by atoms with Gasteiger partial charge in [-0.05, 0) is 12.1 Å². The molecule has 0 aliphatic heterocycles. The number of ether oxygens (including phenoxy) is 1. The molecule has 0 N–H and O–H groups in total. The summed E-state index contributed by atoms with van der Waals surface area (Å²) in [5.74, 6) is 0. The van der Waals surface area contributed by atoms with Crippen LogP contribution < -0.4 is 0 Å². The first-order chi connectivity index (χ1) is 9.29. The molecule has 0 unspecified atom stereocenters. The predicted molar refractivity (Wildman–Crippen MR) is 70.6 cm³/mol. The minimum atomic E-state index is -3.22. The number of para-hydroxylation sites is 1. The lowest BCUT2D eigenvalue weighted by Gasteiger charge is -2.29. The fraction of sp³-hybridized carbons (Fsp3) is 0.429. The van der Waals surface area contributed by atoms with Gasteiger partial charge in [0.25, 0.3) is 0 Å². The lowest BCUT2D eigenvalue weighted by atomic mass is 9.95. The Morgan fingerprint density at radius 1 is 1.15 bits per heavy atom. The average Bonchev–Trinajstić information content (AvgIpc) is 2.85. The van der Waals surface area contributed by atoms with Gasteiger partial charge in [0.05, 0.1) is 23.9 Å². The van der Waals surface area contributed by atoms with E-state index in [0.717, 1.165) is 5.69 Å². The second-order valence-corrected chi connectivity index (χ2v) is 5.55. The second kappa shape index (κ2) is 5.28. The Labute approximate surface area is 116 Å². The summed E-state index contributed by atoms with van der Waals surface area (Å²) in [5, 5.41) is 7.72. The van der Waals surface area contributed by atoms with Crippen LogP contribution in [0.2, 0.25) is 0 Å². The highest BCUT2D eigenvalue weighted by atomic mass is 19.3. The molecule has 1 heterocycles. The number of hydrogen-bond acceptors (Lipinski definition) is 3. The first-order valence-corrected chi connectivity index (χ1v) is 6.28. The third-order valence-electron chi connectivity index (χ3n) is 2.84. The molecule has 2 aromatic rings. The van der Waals surface area contributed by atoms with Crippen molar-refractivity contribution in [3.05, 3.63) is 42.2 Å². The third kappa shape index (κ3) is 3.19. The number of halogens is 2. The summed E-state index contributed by atoms with van der Waals surface area (Å²) in [5.41, 5.74) is -0.0887. The summed E-state index contributed by atoms with van der Waals surface area (Å²) in [4.78, 5) is 0. The monoisotopic (exact) mass is 281 g/mol. The molecule has 108 valence electrons. The highest BCUT2D eigenvalue weighted by molar-refractivity contribution is 5.29. The van der Waals surface area contributed by atoms with Crippen LogP contribution >= 0.6 is 0 Å². The van der Waals surface area contributed by atoms with Gasteiger partial charge in [-0.1, -0.05) is 44.2 Å². The molecule has 0 spiro atoms. The second-order valence-electron chi connectivity index (χ2n) is 5.55. The van der Waals surface area contributed by atoms with Crippen molar-refractivity contribution in [2.45, 2.75) is 33.5 Å². The van der Waals surface area contributed by atoms with Gasteiger partial charge in [0.2, 0.25) is 0 Å². The van der Waals surface area contributed by atoms with E-state index in [9.17, 15) is 8.78 Å². The van der Waals surface area contributed by atoms with Crippen molar-refractivity contribution in [1.29, 1.82) is 0 Å². The Morgan fingerprint density at radius 2 is 1.80 bits per heavy atom. The Kier molecular flexibility index (Phi) is 3.85. The van der Waals surface area contributed by atoms with Crippen molar-refractivity contribution in [2.24, 2.45) is 5.41 Å². The standard InChI is InChI=1S/C14H17F2N3O/c1-13(2,3)14(15,16)20-10-11-9-19(18-17-11)12-7-5-4-6-8-12/h4-9H,10H2,1-3H3. The molecule has 0 radical (unpaired) electrons. The van der Waals surface area contributed by atoms with Gasteiger partial charge in [0, 0.05) is 0 Å². The molecule has 2 rings (SSSR count). The van der Waals surface area contributed by atoms with Crippen molar-refractivity contribution < 1.29 is 13.5 Å². The Morgan fingerprint density at radius 3 is 2.40 bits per heavy atom. The Bertz CT molecular complexity index is 561. The molecule has 0 bridgehead atoms. The number of nitrogens with zero attached hydrogens (tertiary/aromatic N) is 3. The van der Waals surface area contributed by atoms with E-state index in [1.807, 2.05) is 30.3 Å². The summed E-state index contributed by atoms with van der Waals surface area (Å²) in [6, 6.07) is 9.31. The molecule has 6 heteroatoms. The van der Waals surface area contributed by atoms with Gasteiger partial charge in [0.1, 0.15) is 5.69 Å².